The highest BCUT2D eigenvalue weighted by Crippen LogP contribution is 2.44. The van der Waals surface area contributed by atoms with Crippen LogP contribution in [0.5, 0.6) is 0 Å². The van der Waals surface area contributed by atoms with Crippen LogP contribution in [0.2, 0.25) is 0 Å². The Balaban J connectivity index is 1.09. The molecule has 0 spiro atoms. The van der Waals surface area contributed by atoms with E-state index < -0.39 is 30.4 Å². The second-order valence-electron chi connectivity index (χ2n) is 12.2. The molecular formula is C41H40F2N2O5. The summed E-state index contributed by atoms with van der Waals surface area (Å²) >= 11 is 0. The third-order valence-corrected chi connectivity index (χ3v) is 8.86. The summed E-state index contributed by atoms with van der Waals surface area (Å²) in [6.07, 6.45) is -2.03. The normalized spacial score (nSPS) is 13.0. The first kappa shape index (κ1) is 36.0. The molecule has 0 aliphatic heterocycles. The molecule has 4 aromatic rings. The van der Waals surface area contributed by atoms with Crippen LogP contribution in [0.4, 0.5) is 13.6 Å². The van der Waals surface area contributed by atoms with Crippen molar-refractivity contribution in [1.29, 1.82) is 0 Å². The van der Waals surface area contributed by atoms with Crippen LogP contribution in [-0.4, -0.2) is 50.6 Å². The molecule has 0 aromatic heterocycles. The summed E-state index contributed by atoms with van der Waals surface area (Å²) in [4.78, 5) is 38.5. The van der Waals surface area contributed by atoms with Crippen molar-refractivity contribution in [3.8, 4) is 23.0 Å². The van der Waals surface area contributed by atoms with Gasteiger partial charge in [0.15, 0.2) is 5.78 Å². The van der Waals surface area contributed by atoms with Crippen molar-refractivity contribution in [1.82, 2.24) is 10.6 Å². The van der Waals surface area contributed by atoms with E-state index in [1.807, 2.05) is 60.7 Å². The standard InChI is InChI=1S/C41H40F2N2O5/c1-27(45-41(48)50-26-37-35-10-5-3-8-33(35)34-9-4-6-11-36(34)37)32(40(47)49-2)12-7-13-38(46)31-22-20-29(21-23-31)15-14-28-16-18-30(19-17-28)24-44-25-39(42)43/h3-6,8-11,16-23,27,32,37,39,44H,7,12-13,24-26H2,1-2H3,(H,45,48)/t27-,32+/m1/s1. The molecule has 50 heavy (non-hydrogen) atoms. The zero-order valence-electron chi connectivity index (χ0n) is 28.1. The van der Waals surface area contributed by atoms with Crippen LogP contribution in [0, 0.1) is 17.8 Å². The minimum absolute atomic E-state index is 0.0682. The van der Waals surface area contributed by atoms with Gasteiger partial charge in [-0.1, -0.05) is 84.6 Å². The highest BCUT2D eigenvalue weighted by Gasteiger charge is 2.31. The number of carbonyl (C=O) groups excluding carboxylic acids is 3. The van der Waals surface area contributed by atoms with Gasteiger partial charge in [-0.25, -0.2) is 13.6 Å². The maximum atomic E-state index is 12.9. The lowest BCUT2D eigenvalue weighted by Crippen LogP contribution is -2.42. The second-order valence-corrected chi connectivity index (χ2v) is 12.2. The molecule has 0 saturated carbocycles. The SMILES string of the molecule is COC(=O)[C@@H](CCCC(=O)c1ccc(C#Cc2ccc(CNCC(F)F)cc2)cc1)[C@@H](C)NC(=O)OCC1c2ccccc2-c2ccccc21. The molecular weight excluding hydrogens is 638 g/mol. The molecule has 258 valence electrons. The molecule has 0 unspecified atom stereocenters. The lowest BCUT2D eigenvalue weighted by molar-refractivity contribution is -0.146. The molecule has 2 N–H and O–H groups in total. The molecule has 5 rings (SSSR count). The third kappa shape index (κ3) is 9.42. The minimum Gasteiger partial charge on any atom is -0.469 e. The number of carbonyl (C=O) groups is 3. The fraction of sp³-hybridized carbons (Fsp3) is 0.293. The number of rotatable bonds is 14. The Morgan fingerprint density at radius 3 is 1.98 bits per heavy atom. The number of alkyl carbamates (subject to hydrolysis) is 1. The predicted octanol–water partition coefficient (Wildman–Crippen LogP) is 7.51. The van der Waals surface area contributed by atoms with Crippen LogP contribution in [0.15, 0.2) is 97.1 Å². The number of alkyl halides is 2. The van der Waals surface area contributed by atoms with E-state index in [9.17, 15) is 23.2 Å². The van der Waals surface area contributed by atoms with Crippen molar-refractivity contribution in [3.05, 3.63) is 130 Å². The number of ether oxygens (including phenoxy) is 2. The first-order chi connectivity index (χ1) is 24.2. The van der Waals surface area contributed by atoms with E-state index in [1.54, 1.807) is 31.2 Å². The zero-order valence-corrected chi connectivity index (χ0v) is 28.1. The van der Waals surface area contributed by atoms with E-state index in [-0.39, 0.29) is 31.3 Å². The molecule has 7 nitrogen and oxygen atoms in total. The van der Waals surface area contributed by atoms with E-state index in [4.69, 9.17) is 9.47 Å². The van der Waals surface area contributed by atoms with E-state index in [2.05, 4.69) is 34.6 Å². The van der Waals surface area contributed by atoms with Gasteiger partial charge in [0.1, 0.15) is 6.61 Å². The van der Waals surface area contributed by atoms with Crippen molar-refractivity contribution in [3.63, 3.8) is 0 Å². The van der Waals surface area contributed by atoms with Crippen molar-refractivity contribution >= 4 is 17.8 Å². The number of amides is 1. The number of benzene rings is 4. The first-order valence-electron chi connectivity index (χ1n) is 16.7. The summed E-state index contributed by atoms with van der Waals surface area (Å²) in [5, 5.41) is 5.49. The molecule has 2 atom stereocenters. The number of Topliss-reactive ketones (excluding diaryl/α,β-unsaturated/α-hetero) is 1. The van der Waals surface area contributed by atoms with Crippen LogP contribution in [0.3, 0.4) is 0 Å². The quantitative estimate of drug-likeness (QED) is 0.0815. The molecule has 1 aliphatic carbocycles. The Bertz CT molecular complexity index is 1800. The van der Waals surface area contributed by atoms with Gasteiger partial charge in [-0.2, -0.15) is 0 Å². The molecule has 0 heterocycles. The monoisotopic (exact) mass is 678 g/mol. The van der Waals surface area contributed by atoms with Crippen LogP contribution >= 0.6 is 0 Å². The van der Waals surface area contributed by atoms with Gasteiger partial charge in [-0.15, -0.1) is 0 Å². The molecule has 4 aromatic carbocycles. The maximum Gasteiger partial charge on any atom is 0.407 e. The molecule has 0 bridgehead atoms. The molecule has 1 amide bonds. The highest BCUT2D eigenvalue weighted by atomic mass is 19.3. The second kappa shape index (κ2) is 17.4. The number of esters is 1. The third-order valence-electron chi connectivity index (χ3n) is 8.86. The van der Waals surface area contributed by atoms with E-state index >= 15 is 0 Å². The number of methoxy groups -OCH3 is 1. The summed E-state index contributed by atoms with van der Waals surface area (Å²) < 4.78 is 35.3. The van der Waals surface area contributed by atoms with Crippen LogP contribution in [-0.2, 0) is 20.8 Å². The molecule has 9 heteroatoms. The number of halogens is 2. The summed E-state index contributed by atoms with van der Waals surface area (Å²) in [6, 6.07) is 30.0. The lowest BCUT2D eigenvalue weighted by atomic mass is 9.93. The number of hydrogen-bond acceptors (Lipinski definition) is 6. The Kier molecular flexibility index (Phi) is 12.5. The fourth-order valence-corrected chi connectivity index (χ4v) is 6.19. The molecule has 0 saturated heterocycles. The number of nitrogens with one attached hydrogen (secondary N) is 2. The predicted molar refractivity (Wildman–Crippen MR) is 188 cm³/mol. The van der Waals surface area contributed by atoms with Crippen molar-refractivity contribution < 1.29 is 32.6 Å². The van der Waals surface area contributed by atoms with E-state index in [0.717, 1.165) is 38.9 Å². The van der Waals surface area contributed by atoms with Crippen molar-refractivity contribution in [2.45, 2.75) is 51.1 Å². The van der Waals surface area contributed by atoms with Gasteiger partial charge in [0.05, 0.1) is 19.6 Å². The van der Waals surface area contributed by atoms with Gasteiger partial charge in [-0.05, 0) is 71.8 Å². The summed E-state index contributed by atoms with van der Waals surface area (Å²) in [5.41, 5.74) is 7.44. The summed E-state index contributed by atoms with van der Waals surface area (Å²) in [5.74, 6) is 4.87. The van der Waals surface area contributed by atoms with E-state index in [1.165, 1.54) is 7.11 Å². The van der Waals surface area contributed by atoms with Gasteiger partial charge in [0.25, 0.3) is 6.43 Å². The average molecular weight is 679 g/mol. The summed E-state index contributed by atoms with van der Waals surface area (Å²) in [6.45, 7) is 1.89. The van der Waals surface area contributed by atoms with Gasteiger partial charge in [0, 0.05) is 41.6 Å². The smallest absolute Gasteiger partial charge is 0.407 e. The molecule has 0 radical (unpaired) electrons. The summed E-state index contributed by atoms with van der Waals surface area (Å²) in [7, 11) is 1.30. The average Bonchev–Trinajstić information content (AvgIpc) is 3.45. The molecule has 1 aliphatic rings. The van der Waals surface area contributed by atoms with Crippen molar-refractivity contribution in [2.24, 2.45) is 5.92 Å². The van der Waals surface area contributed by atoms with Gasteiger partial charge in [-0.3, -0.25) is 9.59 Å². The number of hydrogen-bond donors (Lipinski definition) is 2. The first-order valence-corrected chi connectivity index (χ1v) is 16.7. The van der Waals surface area contributed by atoms with Crippen LogP contribution in [0.1, 0.15) is 70.3 Å². The van der Waals surface area contributed by atoms with Gasteiger partial charge >= 0.3 is 12.1 Å². The molecule has 0 fully saturated rings. The Labute approximate surface area is 291 Å². The van der Waals surface area contributed by atoms with Gasteiger partial charge in [0.2, 0.25) is 0 Å². The Morgan fingerprint density at radius 1 is 0.820 bits per heavy atom. The minimum atomic E-state index is -2.39. The Hall–Kier alpha value is -5.33. The number of ketones is 1. The Morgan fingerprint density at radius 2 is 1.40 bits per heavy atom. The number of fused-ring (bicyclic) bond motifs is 3. The topological polar surface area (TPSA) is 93.7 Å². The fourth-order valence-electron chi connectivity index (χ4n) is 6.19. The lowest BCUT2D eigenvalue weighted by Gasteiger charge is -2.23. The van der Waals surface area contributed by atoms with E-state index in [0.29, 0.717) is 24.9 Å². The highest BCUT2D eigenvalue weighted by molar-refractivity contribution is 5.96. The largest absolute Gasteiger partial charge is 0.469 e. The zero-order chi connectivity index (χ0) is 35.5. The maximum absolute atomic E-state index is 12.9. The van der Waals surface area contributed by atoms with Gasteiger partial charge < -0.3 is 20.1 Å². The van der Waals surface area contributed by atoms with Crippen molar-refractivity contribution in [2.75, 3.05) is 20.3 Å². The van der Waals surface area contributed by atoms with Crippen LogP contribution < -0.4 is 10.6 Å². The van der Waals surface area contributed by atoms with Crippen LogP contribution in [0.25, 0.3) is 11.1 Å².